The van der Waals surface area contributed by atoms with Gasteiger partial charge in [0.1, 0.15) is 18.2 Å². The molecule has 2 rings (SSSR count). The molecule has 0 aliphatic rings. The maximum absolute atomic E-state index is 13.5. The largest absolute Gasteiger partial charge is 0.488 e. The minimum absolute atomic E-state index is 0.0691. The van der Waals surface area contributed by atoms with Crippen LogP contribution in [0.5, 0.6) is 5.75 Å². The second kappa shape index (κ2) is 7.73. The third kappa shape index (κ3) is 4.78. The number of hydrogen-bond donors (Lipinski definition) is 0. The van der Waals surface area contributed by atoms with Gasteiger partial charge in [-0.1, -0.05) is 44.2 Å². The van der Waals surface area contributed by atoms with E-state index in [0.29, 0.717) is 23.5 Å². The van der Waals surface area contributed by atoms with Crippen LogP contribution in [0.25, 0.3) is 6.08 Å². The van der Waals surface area contributed by atoms with Gasteiger partial charge in [0, 0.05) is 17.5 Å². The van der Waals surface area contributed by atoms with Crippen LogP contribution in [0, 0.1) is 11.7 Å². The SMILES string of the molecule is CC(=Cc1ccc(F)cc1OCc1ccccc1)C(=O)C(C)C. The lowest BCUT2D eigenvalue weighted by Gasteiger charge is -2.11. The highest BCUT2D eigenvalue weighted by molar-refractivity contribution is 6.00. The van der Waals surface area contributed by atoms with Crippen molar-refractivity contribution >= 4 is 11.9 Å². The third-order valence-electron chi connectivity index (χ3n) is 3.50. The molecule has 23 heavy (non-hydrogen) atoms. The lowest BCUT2D eigenvalue weighted by Crippen LogP contribution is -2.08. The van der Waals surface area contributed by atoms with E-state index in [1.54, 1.807) is 19.1 Å². The van der Waals surface area contributed by atoms with Gasteiger partial charge in [0.15, 0.2) is 5.78 Å². The molecule has 0 N–H and O–H groups in total. The molecule has 0 atom stereocenters. The number of rotatable bonds is 6. The predicted octanol–water partition coefficient (Wildman–Crippen LogP) is 5.03. The van der Waals surface area contributed by atoms with Gasteiger partial charge in [-0.25, -0.2) is 4.39 Å². The van der Waals surface area contributed by atoms with Crippen molar-refractivity contribution in [1.29, 1.82) is 0 Å². The van der Waals surface area contributed by atoms with Crippen LogP contribution in [0.2, 0.25) is 0 Å². The normalized spacial score (nSPS) is 11.6. The molecule has 0 saturated heterocycles. The number of ether oxygens (including phenoxy) is 1. The standard InChI is InChI=1S/C20H21FO2/c1-14(2)20(22)15(3)11-17-9-10-18(21)12-19(17)23-13-16-7-5-4-6-8-16/h4-12,14H,13H2,1-3H3. The number of hydrogen-bond acceptors (Lipinski definition) is 2. The lowest BCUT2D eigenvalue weighted by atomic mass is 10.00. The Balaban J connectivity index is 2.23. The smallest absolute Gasteiger partial charge is 0.161 e. The van der Waals surface area contributed by atoms with E-state index in [1.165, 1.54) is 12.1 Å². The Bertz CT molecular complexity index is 703. The van der Waals surface area contributed by atoms with E-state index >= 15 is 0 Å². The second-order valence-electron chi connectivity index (χ2n) is 5.80. The number of halogens is 1. The highest BCUT2D eigenvalue weighted by Crippen LogP contribution is 2.24. The first-order chi connectivity index (χ1) is 11.0. The van der Waals surface area contributed by atoms with Crippen LogP contribution in [0.1, 0.15) is 31.9 Å². The van der Waals surface area contributed by atoms with Gasteiger partial charge in [-0.15, -0.1) is 0 Å². The van der Waals surface area contributed by atoms with Crippen molar-refractivity contribution in [2.45, 2.75) is 27.4 Å². The molecule has 0 saturated carbocycles. The Morgan fingerprint density at radius 3 is 2.52 bits per heavy atom. The van der Waals surface area contributed by atoms with E-state index in [0.717, 1.165) is 5.56 Å². The van der Waals surface area contributed by atoms with Gasteiger partial charge in [0.25, 0.3) is 0 Å². The summed E-state index contributed by atoms with van der Waals surface area (Å²) in [7, 11) is 0. The van der Waals surface area contributed by atoms with Gasteiger partial charge in [-0.05, 0) is 36.3 Å². The molecule has 2 aromatic carbocycles. The molecule has 120 valence electrons. The van der Waals surface area contributed by atoms with Crippen molar-refractivity contribution in [3.05, 3.63) is 71.0 Å². The van der Waals surface area contributed by atoms with Crippen molar-refractivity contribution < 1.29 is 13.9 Å². The third-order valence-corrected chi connectivity index (χ3v) is 3.50. The average molecular weight is 312 g/mol. The van der Waals surface area contributed by atoms with Crippen LogP contribution >= 0.6 is 0 Å². The van der Waals surface area contributed by atoms with E-state index in [-0.39, 0.29) is 17.5 Å². The molecule has 0 unspecified atom stereocenters. The van der Waals surface area contributed by atoms with Crippen LogP contribution < -0.4 is 4.74 Å². The number of Topliss-reactive ketones (excluding diaryl/α,β-unsaturated/α-hetero) is 1. The highest BCUT2D eigenvalue weighted by atomic mass is 19.1. The fourth-order valence-electron chi connectivity index (χ4n) is 2.25. The summed E-state index contributed by atoms with van der Waals surface area (Å²) in [5.41, 5.74) is 2.34. The highest BCUT2D eigenvalue weighted by Gasteiger charge is 2.11. The van der Waals surface area contributed by atoms with Gasteiger partial charge in [-0.3, -0.25) is 4.79 Å². The Hall–Kier alpha value is -2.42. The van der Waals surface area contributed by atoms with E-state index in [2.05, 4.69) is 0 Å². The zero-order valence-corrected chi connectivity index (χ0v) is 13.7. The zero-order valence-electron chi connectivity index (χ0n) is 13.7. The molecule has 0 fully saturated rings. The van der Waals surface area contributed by atoms with E-state index < -0.39 is 0 Å². The summed E-state index contributed by atoms with van der Waals surface area (Å²) in [6, 6.07) is 14.0. The van der Waals surface area contributed by atoms with Crippen molar-refractivity contribution in [2.24, 2.45) is 5.92 Å². The molecule has 2 aromatic rings. The Morgan fingerprint density at radius 1 is 1.17 bits per heavy atom. The summed E-state index contributed by atoms with van der Waals surface area (Å²) < 4.78 is 19.3. The quantitative estimate of drug-likeness (QED) is 0.699. The summed E-state index contributed by atoms with van der Waals surface area (Å²) in [6.45, 7) is 5.84. The van der Waals surface area contributed by atoms with Gasteiger partial charge in [-0.2, -0.15) is 0 Å². The molecule has 0 aliphatic carbocycles. The fourth-order valence-corrected chi connectivity index (χ4v) is 2.25. The Morgan fingerprint density at radius 2 is 1.87 bits per heavy atom. The molecular formula is C20H21FO2. The van der Waals surface area contributed by atoms with Crippen LogP contribution in [0.4, 0.5) is 4.39 Å². The minimum Gasteiger partial charge on any atom is -0.488 e. The molecule has 0 aromatic heterocycles. The number of benzene rings is 2. The van der Waals surface area contributed by atoms with Gasteiger partial charge < -0.3 is 4.74 Å². The molecule has 0 aliphatic heterocycles. The van der Waals surface area contributed by atoms with Crippen LogP contribution in [0.15, 0.2) is 54.1 Å². The zero-order chi connectivity index (χ0) is 16.8. The van der Waals surface area contributed by atoms with Crippen LogP contribution in [0.3, 0.4) is 0 Å². The first-order valence-electron chi connectivity index (χ1n) is 7.66. The number of ketones is 1. The molecule has 3 heteroatoms. The van der Waals surface area contributed by atoms with Crippen LogP contribution in [-0.2, 0) is 11.4 Å². The van der Waals surface area contributed by atoms with Crippen molar-refractivity contribution in [3.8, 4) is 5.75 Å². The van der Waals surface area contributed by atoms with Crippen LogP contribution in [-0.4, -0.2) is 5.78 Å². The summed E-state index contributed by atoms with van der Waals surface area (Å²) in [6.07, 6.45) is 1.75. The summed E-state index contributed by atoms with van der Waals surface area (Å²) in [5.74, 6) is 0.0755. The predicted molar refractivity (Wildman–Crippen MR) is 90.7 cm³/mol. The fraction of sp³-hybridized carbons (Fsp3) is 0.250. The monoisotopic (exact) mass is 312 g/mol. The van der Waals surface area contributed by atoms with Crippen molar-refractivity contribution in [1.82, 2.24) is 0 Å². The van der Waals surface area contributed by atoms with Crippen molar-refractivity contribution in [3.63, 3.8) is 0 Å². The first kappa shape index (κ1) is 16.9. The van der Waals surface area contributed by atoms with Gasteiger partial charge >= 0.3 is 0 Å². The van der Waals surface area contributed by atoms with E-state index in [4.69, 9.17) is 4.74 Å². The maximum Gasteiger partial charge on any atom is 0.161 e. The lowest BCUT2D eigenvalue weighted by molar-refractivity contribution is -0.118. The van der Waals surface area contributed by atoms with E-state index in [1.807, 2.05) is 44.2 Å². The second-order valence-corrected chi connectivity index (χ2v) is 5.80. The molecule has 0 spiro atoms. The summed E-state index contributed by atoms with van der Waals surface area (Å²) in [5, 5.41) is 0. The Labute approximate surface area is 136 Å². The maximum atomic E-state index is 13.5. The summed E-state index contributed by atoms with van der Waals surface area (Å²) in [4.78, 5) is 12.0. The molecular weight excluding hydrogens is 291 g/mol. The molecule has 0 heterocycles. The van der Waals surface area contributed by atoms with Crippen molar-refractivity contribution in [2.75, 3.05) is 0 Å². The summed E-state index contributed by atoms with van der Waals surface area (Å²) >= 11 is 0. The molecule has 2 nitrogen and oxygen atoms in total. The number of carbonyl (C=O) groups is 1. The number of carbonyl (C=O) groups excluding carboxylic acids is 1. The van der Waals surface area contributed by atoms with Gasteiger partial charge in [0.2, 0.25) is 0 Å². The first-order valence-corrected chi connectivity index (χ1v) is 7.66. The molecule has 0 radical (unpaired) electrons. The topological polar surface area (TPSA) is 26.3 Å². The number of allylic oxidation sites excluding steroid dienone is 1. The average Bonchev–Trinajstić information content (AvgIpc) is 2.55. The molecule has 0 amide bonds. The molecule has 0 bridgehead atoms. The van der Waals surface area contributed by atoms with Gasteiger partial charge in [0.05, 0.1) is 0 Å². The Kier molecular flexibility index (Phi) is 5.69. The minimum atomic E-state index is -0.363. The van der Waals surface area contributed by atoms with E-state index in [9.17, 15) is 9.18 Å².